The molecular weight excluding hydrogens is 1180 g/mol. The van der Waals surface area contributed by atoms with Crippen LogP contribution in [-0.2, 0) is 76.5 Å². The summed E-state index contributed by atoms with van der Waals surface area (Å²) in [5.41, 5.74) is 23.0. The number of thioether (sulfide) groups is 4. The van der Waals surface area contributed by atoms with Gasteiger partial charge in [0.2, 0.25) is 44.1 Å². The monoisotopic (exact) mass is 1280 g/mol. The Morgan fingerprint density at radius 2 is 0.647 bits per heavy atom. The standard InChI is InChI=1S/C16H28N2O4S.C15H26N2O4S.2C13H24N2O4S/c1-10(2)14(17)16(21)23-9-13(18-11(3)19)15(20)22-12-7-5-4-6-8-12;1-9(2)13(16)15(20)22-8-12(17-10(3)18)14(19)21-11-6-4-5-7-11;1-7(2)11(14)13(18)20-6-10(15-9(5)16)12(17)19-8(3)4;1-5-6-19-12(17)10(15-9(4)16)7-20-13(18)11(14)8(2)3/h10,12-14H,4-9,17H2,1-3H3,(H,18,19);9,11-13H,4-8,16H2,1-3H3,(H,17,18);7-8,10-11H,6,14H2,1-5H3,(H,15,16);8,10-11H,5-7,14H2,1-4H3,(H,15,16)/t13-,14-;12-,13-;2*10-,11-/m0000/s1. The molecule has 0 radical (unpaired) electrons. The lowest BCUT2D eigenvalue weighted by atomic mass is 9.98. The molecular formula is C57H102N8O16S4. The molecule has 0 spiro atoms. The second kappa shape index (κ2) is 45.9. The summed E-state index contributed by atoms with van der Waals surface area (Å²) in [5.74, 6) is -2.71. The number of esters is 4. The quantitative estimate of drug-likeness (QED) is 0.0384. The summed E-state index contributed by atoms with van der Waals surface area (Å²) in [5, 5.41) is 9.32. The van der Waals surface area contributed by atoms with Crippen LogP contribution >= 0.6 is 47.0 Å². The normalized spacial score (nSPS) is 16.1. The van der Waals surface area contributed by atoms with Gasteiger partial charge in [0.1, 0.15) is 36.4 Å². The molecule has 0 aromatic rings. The second-order valence-electron chi connectivity index (χ2n) is 22.3. The number of amides is 4. The van der Waals surface area contributed by atoms with Crippen LogP contribution in [0, 0.1) is 23.7 Å². The molecule has 8 atom stereocenters. The van der Waals surface area contributed by atoms with Crippen molar-refractivity contribution < 1.29 is 76.5 Å². The first kappa shape index (κ1) is 82.7. The first-order chi connectivity index (χ1) is 39.6. The van der Waals surface area contributed by atoms with Crippen molar-refractivity contribution in [3.05, 3.63) is 0 Å². The minimum Gasteiger partial charge on any atom is -0.464 e. The Balaban J connectivity index is 0. The minimum absolute atomic E-state index is 0.0248. The van der Waals surface area contributed by atoms with E-state index in [9.17, 15) is 57.5 Å². The summed E-state index contributed by atoms with van der Waals surface area (Å²) < 4.78 is 20.9. The van der Waals surface area contributed by atoms with Gasteiger partial charge in [-0.25, -0.2) is 19.2 Å². The molecule has 2 aliphatic carbocycles. The lowest BCUT2D eigenvalue weighted by Gasteiger charge is -2.25. The molecule has 0 aromatic carbocycles. The summed E-state index contributed by atoms with van der Waals surface area (Å²) in [6.07, 6.45) is 9.11. The fourth-order valence-corrected chi connectivity index (χ4v) is 11.2. The van der Waals surface area contributed by atoms with Gasteiger partial charge in [-0.3, -0.25) is 38.4 Å². The molecule has 24 nitrogen and oxygen atoms in total. The van der Waals surface area contributed by atoms with Crippen LogP contribution in [0.5, 0.6) is 0 Å². The highest BCUT2D eigenvalue weighted by Gasteiger charge is 2.31. The molecule has 0 heterocycles. The van der Waals surface area contributed by atoms with E-state index in [2.05, 4.69) is 21.3 Å². The van der Waals surface area contributed by atoms with Crippen LogP contribution in [0.15, 0.2) is 0 Å². The lowest BCUT2D eigenvalue weighted by Crippen LogP contribution is -2.45. The number of carbonyl (C=O) groups excluding carboxylic acids is 12. The van der Waals surface area contributed by atoms with Gasteiger partial charge in [-0.2, -0.15) is 0 Å². The summed E-state index contributed by atoms with van der Waals surface area (Å²) in [6, 6.07) is -5.62. The van der Waals surface area contributed by atoms with Crippen molar-refractivity contribution in [3.8, 4) is 0 Å². The Kier molecular flexibility index (Phi) is 44.7. The van der Waals surface area contributed by atoms with E-state index in [-0.39, 0.29) is 109 Å². The predicted octanol–water partition coefficient (Wildman–Crippen LogP) is 4.20. The van der Waals surface area contributed by atoms with E-state index in [0.717, 1.165) is 98.4 Å². The second-order valence-corrected chi connectivity index (χ2v) is 26.4. The maximum Gasteiger partial charge on any atom is 0.329 e. The Morgan fingerprint density at radius 1 is 0.400 bits per heavy atom. The summed E-state index contributed by atoms with van der Waals surface area (Å²) in [4.78, 5) is 140. The Hall–Kier alpha value is -4.32. The van der Waals surface area contributed by atoms with Crippen molar-refractivity contribution in [3.63, 3.8) is 0 Å². The maximum absolute atomic E-state index is 12.3. The van der Waals surface area contributed by atoms with Crippen LogP contribution < -0.4 is 44.2 Å². The highest BCUT2D eigenvalue weighted by atomic mass is 32.2. The number of nitrogens with two attached hydrogens (primary N) is 4. The van der Waals surface area contributed by atoms with Gasteiger partial charge in [-0.15, -0.1) is 0 Å². The highest BCUT2D eigenvalue weighted by Crippen LogP contribution is 2.24. The van der Waals surface area contributed by atoms with Crippen molar-refractivity contribution >= 4 is 115 Å². The van der Waals surface area contributed by atoms with Crippen LogP contribution in [0.2, 0.25) is 0 Å². The molecule has 0 aliphatic heterocycles. The third kappa shape index (κ3) is 39.2. The molecule has 0 aromatic heterocycles. The smallest absolute Gasteiger partial charge is 0.329 e. The number of rotatable bonds is 29. The summed E-state index contributed by atoms with van der Waals surface area (Å²) >= 11 is 3.83. The zero-order valence-electron chi connectivity index (χ0n) is 52.7. The van der Waals surface area contributed by atoms with Gasteiger partial charge in [-0.1, -0.05) is 116 Å². The lowest BCUT2D eigenvalue weighted by molar-refractivity contribution is -0.153. The fourth-order valence-electron chi connectivity index (χ4n) is 7.09. The van der Waals surface area contributed by atoms with Crippen molar-refractivity contribution in [1.29, 1.82) is 0 Å². The van der Waals surface area contributed by atoms with Crippen LogP contribution in [0.1, 0.15) is 168 Å². The first-order valence-corrected chi connectivity index (χ1v) is 33.1. The van der Waals surface area contributed by atoms with Gasteiger partial charge in [-0.05, 0) is 95.3 Å². The molecule has 2 rings (SSSR count). The maximum atomic E-state index is 12.3. The number of ether oxygens (including phenoxy) is 4. The fraction of sp³-hybridized carbons (Fsp3) is 0.789. The molecule has 2 saturated carbocycles. The van der Waals surface area contributed by atoms with Gasteiger partial charge in [0, 0.05) is 50.7 Å². The minimum atomic E-state index is -0.844. The van der Waals surface area contributed by atoms with Gasteiger partial charge >= 0.3 is 23.9 Å². The predicted molar refractivity (Wildman–Crippen MR) is 335 cm³/mol. The first-order valence-electron chi connectivity index (χ1n) is 29.1. The zero-order valence-corrected chi connectivity index (χ0v) is 56.0. The van der Waals surface area contributed by atoms with E-state index in [0.29, 0.717) is 13.0 Å². The van der Waals surface area contributed by atoms with E-state index in [1.165, 1.54) is 34.1 Å². The number of carbonyl (C=O) groups is 12. The van der Waals surface area contributed by atoms with Crippen LogP contribution in [0.25, 0.3) is 0 Å². The van der Waals surface area contributed by atoms with E-state index in [1.807, 2.05) is 62.3 Å². The number of nitrogens with one attached hydrogen (secondary N) is 4. The average molecular weight is 1280 g/mol. The Morgan fingerprint density at radius 3 is 0.882 bits per heavy atom. The van der Waals surface area contributed by atoms with Gasteiger partial charge in [0.05, 0.1) is 36.9 Å². The Bertz CT molecular complexity index is 2110. The molecule has 0 unspecified atom stereocenters. The highest BCUT2D eigenvalue weighted by molar-refractivity contribution is 8.14. The summed E-state index contributed by atoms with van der Waals surface area (Å²) in [6.45, 7) is 25.8. The SMILES string of the molecule is CC(=O)N[C@@H](CSC(=O)[C@@H](N)C(C)C)C(=O)OC(C)C.CC(=O)N[C@@H](CSC(=O)[C@@H](N)C(C)C)C(=O)OC1CCCC1.CC(=O)N[C@@H](CSC(=O)[C@@H](N)C(C)C)C(=O)OC1CCCCC1.CCCOC(=O)[C@H](CSC(=O)[C@@H](N)C(C)C)NC(C)=O. The number of hydrogen-bond acceptors (Lipinski definition) is 24. The Labute approximate surface area is 521 Å². The summed E-state index contributed by atoms with van der Waals surface area (Å²) in [7, 11) is 0. The van der Waals surface area contributed by atoms with E-state index in [1.54, 1.807) is 13.8 Å². The molecule has 0 saturated heterocycles. The van der Waals surface area contributed by atoms with Crippen molar-refractivity contribution in [2.45, 2.75) is 235 Å². The molecule has 28 heteroatoms. The third-order valence-corrected chi connectivity index (χ3v) is 16.6. The van der Waals surface area contributed by atoms with Crippen LogP contribution in [0.4, 0.5) is 0 Å². The van der Waals surface area contributed by atoms with E-state index < -0.39 is 72.2 Å². The molecule has 2 fully saturated rings. The molecule has 0 bridgehead atoms. The van der Waals surface area contributed by atoms with E-state index in [4.69, 9.17) is 41.9 Å². The van der Waals surface area contributed by atoms with Crippen LogP contribution in [-0.4, -0.2) is 164 Å². The van der Waals surface area contributed by atoms with Crippen molar-refractivity contribution in [2.75, 3.05) is 29.6 Å². The van der Waals surface area contributed by atoms with Gasteiger partial charge < -0.3 is 63.1 Å². The van der Waals surface area contributed by atoms with Crippen LogP contribution in [0.3, 0.4) is 0 Å². The molecule has 2 aliphatic rings. The number of hydrogen-bond donors (Lipinski definition) is 8. The van der Waals surface area contributed by atoms with Gasteiger partial charge in [0.15, 0.2) is 0 Å². The topological polar surface area (TPSA) is 394 Å². The molecule has 12 N–H and O–H groups in total. The van der Waals surface area contributed by atoms with Gasteiger partial charge in [0.25, 0.3) is 0 Å². The zero-order chi connectivity index (χ0) is 65.7. The third-order valence-electron chi connectivity index (χ3n) is 12.4. The molecule has 85 heavy (non-hydrogen) atoms. The molecule has 490 valence electrons. The average Bonchev–Trinajstić information content (AvgIpc) is 4.03. The van der Waals surface area contributed by atoms with E-state index >= 15 is 0 Å². The molecule has 4 amide bonds. The van der Waals surface area contributed by atoms with Crippen molar-refractivity contribution in [1.82, 2.24) is 21.3 Å². The van der Waals surface area contributed by atoms with Crippen molar-refractivity contribution in [2.24, 2.45) is 46.6 Å². The largest absolute Gasteiger partial charge is 0.464 e.